The highest BCUT2D eigenvalue weighted by Gasteiger charge is 2.27. The molecule has 1 atom stereocenters. The predicted octanol–water partition coefficient (Wildman–Crippen LogP) is 2.28. The van der Waals surface area contributed by atoms with Gasteiger partial charge < -0.3 is 15.0 Å². The van der Waals surface area contributed by atoms with Gasteiger partial charge in [-0.1, -0.05) is 18.2 Å². The summed E-state index contributed by atoms with van der Waals surface area (Å²) in [5.74, 6) is -0.190. The molecule has 2 aliphatic heterocycles. The molecule has 2 aromatic rings. The largest absolute Gasteiger partial charge is 0.379 e. The summed E-state index contributed by atoms with van der Waals surface area (Å²) in [4.78, 5) is 15.1. The Morgan fingerprint density at radius 1 is 1.10 bits per heavy atom. The highest BCUT2D eigenvalue weighted by Crippen LogP contribution is 2.31. The highest BCUT2D eigenvalue weighted by atomic mass is 32.2. The summed E-state index contributed by atoms with van der Waals surface area (Å²) in [7, 11) is -3.55. The first-order valence-corrected chi connectivity index (χ1v) is 12.2. The summed E-state index contributed by atoms with van der Waals surface area (Å²) < 4.78 is 32.0. The summed E-state index contributed by atoms with van der Waals surface area (Å²) in [5, 5.41) is 2.94. The van der Waals surface area contributed by atoms with Crippen LogP contribution in [0.3, 0.4) is 0 Å². The Bertz CT molecular complexity index is 1020. The first-order chi connectivity index (χ1) is 15.0. The number of para-hydroxylation sites is 1. The van der Waals surface area contributed by atoms with Gasteiger partial charge in [-0.2, -0.15) is 4.31 Å². The van der Waals surface area contributed by atoms with Crippen LogP contribution in [0.5, 0.6) is 0 Å². The molecular formula is C23H29N3O4S. The number of carbonyl (C=O) groups is 1. The van der Waals surface area contributed by atoms with Crippen LogP contribution in [0.4, 0.5) is 5.69 Å². The second kappa shape index (κ2) is 9.38. The zero-order valence-electron chi connectivity index (χ0n) is 17.8. The molecule has 1 amide bonds. The molecule has 0 radical (unpaired) electrons. The summed E-state index contributed by atoms with van der Waals surface area (Å²) >= 11 is 0. The standard InChI is InChI=1S/C23H29N3O4S/c1-18-17-20-5-2-3-6-22(20)26(18)12-4-11-24-23(27)19-7-9-21(10-8-19)31(28,29)25-13-15-30-16-14-25/h2-3,5-10,18H,4,11-17H2,1H3,(H,24,27)/t18-/m1/s1. The normalized spacial score (nSPS) is 19.3. The molecule has 2 aliphatic rings. The van der Waals surface area contributed by atoms with Crippen molar-refractivity contribution < 1.29 is 17.9 Å². The van der Waals surface area contributed by atoms with Crippen LogP contribution in [0.2, 0.25) is 0 Å². The van der Waals surface area contributed by atoms with Crippen LogP contribution in [-0.4, -0.2) is 64.1 Å². The van der Waals surface area contributed by atoms with Gasteiger partial charge in [0, 0.05) is 43.5 Å². The Labute approximate surface area is 184 Å². The lowest BCUT2D eigenvalue weighted by atomic mass is 10.1. The summed E-state index contributed by atoms with van der Waals surface area (Å²) in [6, 6.07) is 15.1. The van der Waals surface area contributed by atoms with E-state index in [1.54, 1.807) is 12.1 Å². The van der Waals surface area contributed by atoms with E-state index in [1.165, 1.54) is 27.7 Å². The molecule has 1 N–H and O–H groups in total. The van der Waals surface area contributed by atoms with E-state index in [1.807, 2.05) is 0 Å². The van der Waals surface area contributed by atoms with Crippen LogP contribution < -0.4 is 10.2 Å². The van der Waals surface area contributed by atoms with Gasteiger partial charge in [0.2, 0.25) is 10.0 Å². The van der Waals surface area contributed by atoms with Crippen molar-refractivity contribution in [2.45, 2.75) is 30.7 Å². The molecule has 7 nitrogen and oxygen atoms in total. The van der Waals surface area contributed by atoms with Crippen molar-refractivity contribution in [2.75, 3.05) is 44.3 Å². The molecule has 8 heteroatoms. The number of anilines is 1. The van der Waals surface area contributed by atoms with Gasteiger partial charge in [-0.15, -0.1) is 0 Å². The molecule has 1 fully saturated rings. The van der Waals surface area contributed by atoms with Gasteiger partial charge in [-0.3, -0.25) is 4.79 Å². The number of benzene rings is 2. The number of nitrogens with one attached hydrogen (secondary N) is 1. The maximum Gasteiger partial charge on any atom is 0.251 e. The summed E-state index contributed by atoms with van der Waals surface area (Å²) in [6.45, 7) is 5.19. The van der Waals surface area contributed by atoms with Gasteiger partial charge in [0.1, 0.15) is 0 Å². The van der Waals surface area contributed by atoms with E-state index in [-0.39, 0.29) is 10.8 Å². The van der Waals surface area contributed by atoms with Crippen molar-refractivity contribution in [3.05, 3.63) is 59.7 Å². The molecule has 0 bridgehead atoms. The zero-order valence-corrected chi connectivity index (χ0v) is 18.6. The van der Waals surface area contributed by atoms with E-state index in [0.29, 0.717) is 44.5 Å². The van der Waals surface area contributed by atoms with Gasteiger partial charge in [-0.25, -0.2) is 8.42 Å². The van der Waals surface area contributed by atoms with Gasteiger partial charge >= 0.3 is 0 Å². The maximum atomic E-state index is 12.7. The fraction of sp³-hybridized carbons (Fsp3) is 0.435. The molecule has 2 aromatic carbocycles. The van der Waals surface area contributed by atoms with Crippen LogP contribution >= 0.6 is 0 Å². The minimum atomic E-state index is -3.55. The van der Waals surface area contributed by atoms with E-state index < -0.39 is 10.0 Å². The lowest BCUT2D eigenvalue weighted by Gasteiger charge is -2.26. The van der Waals surface area contributed by atoms with E-state index in [9.17, 15) is 13.2 Å². The average Bonchev–Trinajstić information content (AvgIpc) is 3.12. The molecule has 2 heterocycles. The topological polar surface area (TPSA) is 79.0 Å². The van der Waals surface area contributed by atoms with Gasteiger partial charge in [-0.05, 0) is 55.7 Å². The Balaban J connectivity index is 1.28. The minimum absolute atomic E-state index is 0.190. The SMILES string of the molecule is C[C@@H]1Cc2ccccc2N1CCCNC(=O)c1ccc(S(=O)(=O)N2CCOCC2)cc1. The third-order valence-electron chi connectivity index (χ3n) is 5.93. The zero-order chi connectivity index (χ0) is 21.8. The smallest absolute Gasteiger partial charge is 0.251 e. The van der Waals surface area contributed by atoms with Crippen molar-refractivity contribution in [1.29, 1.82) is 0 Å². The van der Waals surface area contributed by atoms with Crippen molar-refractivity contribution in [2.24, 2.45) is 0 Å². The molecule has 0 aromatic heterocycles. The molecular weight excluding hydrogens is 414 g/mol. The fourth-order valence-corrected chi connectivity index (χ4v) is 5.65. The van der Waals surface area contributed by atoms with E-state index >= 15 is 0 Å². The second-order valence-corrected chi connectivity index (χ2v) is 9.96. The minimum Gasteiger partial charge on any atom is -0.379 e. The molecule has 0 saturated carbocycles. The van der Waals surface area contributed by atoms with Crippen LogP contribution in [0.15, 0.2) is 53.4 Å². The number of carbonyl (C=O) groups excluding carboxylic acids is 1. The molecule has 4 rings (SSSR count). The molecule has 166 valence electrons. The van der Waals surface area contributed by atoms with Crippen molar-refractivity contribution in [3.8, 4) is 0 Å². The number of sulfonamides is 1. The first kappa shape index (κ1) is 21.8. The number of hydrogen-bond donors (Lipinski definition) is 1. The Kier molecular flexibility index (Phi) is 6.60. The predicted molar refractivity (Wildman–Crippen MR) is 120 cm³/mol. The Hall–Kier alpha value is -2.42. The van der Waals surface area contributed by atoms with Crippen molar-refractivity contribution in [3.63, 3.8) is 0 Å². The number of nitrogens with zero attached hydrogens (tertiary/aromatic N) is 2. The molecule has 31 heavy (non-hydrogen) atoms. The fourth-order valence-electron chi connectivity index (χ4n) is 4.24. The molecule has 1 saturated heterocycles. The van der Waals surface area contributed by atoms with Crippen LogP contribution in [0.1, 0.15) is 29.3 Å². The number of amides is 1. The monoisotopic (exact) mass is 443 g/mol. The second-order valence-electron chi connectivity index (χ2n) is 8.03. The van der Waals surface area contributed by atoms with Gasteiger partial charge in [0.05, 0.1) is 18.1 Å². The van der Waals surface area contributed by atoms with E-state index in [4.69, 9.17) is 4.74 Å². The number of ether oxygens (including phenoxy) is 1. The quantitative estimate of drug-likeness (QED) is 0.665. The number of morpholine rings is 1. The van der Waals surface area contributed by atoms with E-state index in [0.717, 1.165) is 19.4 Å². The number of hydrogen-bond acceptors (Lipinski definition) is 5. The van der Waals surface area contributed by atoms with Crippen molar-refractivity contribution in [1.82, 2.24) is 9.62 Å². The number of fused-ring (bicyclic) bond motifs is 1. The Morgan fingerprint density at radius 3 is 2.55 bits per heavy atom. The lowest BCUT2D eigenvalue weighted by molar-refractivity contribution is 0.0730. The maximum absolute atomic E-state index is 12.7. The number of rotatable bonds is 7. The molecule has 0 aliphatic carbocycles. The van der Waals surface area contributed by atoms with Gasteiger partial charge in [0.15, 0.2) is 0 Å². The summed E-state index contributed by atoms with van der Waals surface area (Å²) in [6.07, 6.45) is 1.90. The third kappa shape index (κ3) is 4.76. The van der Waals surface area contributed by atoms with Crippen LogP contribution in [0, 0.1) is 0 Å². The van der Waals surface area contributed by atoms with Crippen molar-refractivity contribution >= 4 is 21.6 Å². The summed E-state index contributed by atoms with van der Waals surface area (Å²) in [5.41, 5.74) is 3.13. The highest BCUT2D eigenvalue weighted by molar-refractivity contribution is 7.89. The first-order valence-electron chi connectivity index (χ1n) is 10.8. The molecule has 0 spiro atoms. The van der Waals surface area contributed by atoms with Crippen LogP contribution in [-0.2, 0) is 21.2 Å². The van der Waals surface area contributed by atoms with Crippen LogP contribution in [0.25, 0.3) is 0 Å². The third-order valence-corrected chi connectivity index (χ3v) is 7.85. The Morgan fingerprint density at radius 2 is 1.81 bits per heavy atom. The van der Waals surface area contributed by atoms with Gasteiger partial charge in [0.25, 0.3) is 5.91 Å². The van der Waals surface area contributed by atoms with E-state index in [2.05, 4.69) is 41.4 Å². The lowest BCUT2D eigenvalue weighted by Crippen LogP contribution is -2.40. The average molecular weight is 444 g/mol. The molecule has 0 unspecified atom stereocenters.